The number of fused-ring (bicyclic) bond motifs is 1. The van der Waals surface area contributed by atoms with E-state index < -0.39 is 13.9 Å². The van der Waals surface area contributed by atoms with Gasteiger partial charge in [-0.05, 0) is 34.1 Å². The molecule has 43 heavy (non-hydrogen) atoms. The highest BCUT2D eigenvalue weighted by atomic mass is 79.9. The van der Waals surface area contributed by atoms with Crippen molar-refractivity contribution in [1.29, 1.82) is 0 Å². The minimum Gasteiger partial charge on any atom is -0.497 e. The van der Waals surface area contributed by atoms with Crippen LogP contribution in [0.3, 0.4) is 0 Å². The van der Waals surface area contributed by atoms with Crippen LogP contribution >= 0.6 is 15.9 Å². The van der Waals surface area contributed by atoms with Crippen LogP contribution in [0, 0.1) is 5.82 Å². The molecule has 14 heteroatoms. The fourth-order valence-corrected chi connectivity index (χ4v) is 5.59. The molecule has 5 rings (SSSR count). The van der Waals surface area contributed by atoms with Gasteiger partial charge in [-0.3, -0.25) is 9.67 Å². The summed E-state index contributed by atoms with van der Waals surface area (Å²) in [5.74, 6) is 0.974. The van der Waals surface area contributed by atoms with Crippen LogP contribution in [-0.4, -0.2) is 63.2 Å². The molecule has 0 unspecified atom stereocenters. The van der Waals surface area contributed by atoms with Gasteiger partial charge in [0.25, 0.3) is 0 Å². The molecule has 1 aromatic carbocycles. The molecule has 0 aliphatic rings. The summed E-state index contributed by atoms with van der Waals surface area (Å²) in [5.41, 5.74) is 2.63. The maximum atomic E-state index is 16.0. The number of halogens is 2. The minimum atomic E-state index is -1.25. The molecule has 0 aliphatic heterocycles. The Kier molecular flexibility index (Phi) is 9.08. The van der Waals surface area contributed by atoms with E-state index in [4.69, 9.17) is 24.2 Å². The van der Waals surface area contributed by atoms with Crippen molar-refractivity contribution in [1.82, 2.24) is 34.3 Å². The predicted molar refractivity (Wildman–Crippen MR) is 169 cm³/mol. The predicted octanol–water partition coefficient (Wildman–Crippen LogP) is 6.19. The van der Waals surface area contributed by atoms with Crippen molar-refractivity contribution in [2.24, 2.45) is 7.05 Å². The van der Waals surface area contributed by atoms with Crippen LogP contribution in [0.1, 0.15) is 5.82 Å². The van der Waals surface area contributed by atoms with Gasteiger partial charge in [-0.25, -0.2) is 19.3 Å². The van der Waals surface area contributed by atoms with Gasteiger partial charge in [-0.2, -0.15) is 5.10 Å². The first-order valence-electron chi connectivity index (χ1n) is 13.7. The lowest BCUT2D eigenvalue weighted by molar-refractivity contribution is 0.0851. The van der Waals surface area contributed by atoms with Gasteiger partial charge in [0, 0.05) is 51.8 Å². The molecular weight excluding hydrogens is 635 g/mol. The largest absolute Gasteiger partial charge is 0.497 e. The number of anilines is 2. The lowest BCUT2D eigenvalue weighted by atomic mass is 10.2. The molecule has 0 saturated carbocycles. The van der Waals surface area contributed by atoms with E-state index in [9.17, 15) is 0 Å². The number of nitrogens with zero attached hydrogens (tertiary/aromatic N) is 8. The summed E-state index contributed by atoms with van der Waals surface area (Å²) < 4.78 is 37.0. The summed E-state index contributed by atoms with van der Waals surface area (Å²) in [6.45, 7) is 8.05. The van der Waals surface area contributed by atoms with Gasteiger partial charge < -0.3 is 23.7 Å². The third-order valence-corrected chi connectivity index (χ3v) is 8.85. The van der Waals surface area contributed by atoms with Crippen molar-refractivity contribution in [2.45, 2.75) is 39.0 Å². The van der Waals surface area contributed by atoms with Crippen molar-refractivity contribution in [3.05, 3.63) is 65.3 Å². The Balaban J connectivity index is 1.57. The summed E-state index contributed by atoms with van der Waals surface area (Å²) in [6, 6.07) is 7.73. The van der Waals surface area contributed by atoms with Crippen LogP contribution in [-0.2, 0) is 25.1 Å². The normalized spacial score (nSPS) is 11.7. The van der Waals surface area contributed by atoms with Crippen LogP contribution in [0.25, 0.3) is 22.4 Å². The summed E-state index contributed by atoms with van der Waals surface area (Å²) >= 11 is 3.50. The molecule has 226 valence electrons. The third-order valence-electron chi connectivity index (χ3n) is 6.77. The molecule has 4 heterocycles. The topological polar surface area (TPSA) is 105 Å². The van der Waals surface area contributed by atoms with Crippen molar-refractivity contribution in [2.75, 3.05) is 25.7 Å². The van der Waals surface area contributed by atoms with Crippen LogP contribution in [0.2, 0.25) is 25.7 Å². The zero-order chi connectivity index (χ0) is 30.7. The van der Waals surface area contributed by atoms with Crippen molar-refractivity contribution in [3.8, 4) is 22.8 Å². The smallest absolute Gasteiger partial charge is 0.188 e. The SMILES string of the molecule is COc1cc(OC)c(F)c(N(Cc2nc(Br)cn2COCC[Si](C)(C)C)c2ccc3ncc(-c4cnn(C)c4)nc3n2)c1. The van der Waals surface area contributed by atoms with Crippen molar-refractivity contribution < 1.29 is 18.6 Å². The van der Waals surface area contributed by atoms with Gasteiger partial charge in [0.15, 0.2) is 17.2 Å². The van der Waals surface area contributed by atoms with Gasteiger partial charge in [0.1, 0.15) is 34.2 Å². The molecule has 0 radical (unpaired) electrons. The zero-order valence-electron chi connectivity index (χ0n) is 25.0. The summed E-state index contributed by atoms with van der Waals surface area (Å²) in [6.07, 6.45) is 7.10. The minimum absolute atomic E-state index is 0.0398. The highest BCUT2D eigenvalue weighted by Gasteiger charge is 2.24. The molecule has 0 atom stereocenters. The molecule has 0 N–H and O–H groups in total. The van der Waals surface area contributed by atoms with Gasteiger partial charge in [0.2, 0.25) is 0 Å². The van der Waals surface area contributed by atoms with Crippen molar-refractivity contribution >= 4 is 46.7 Å². The van der Waals surface area contributed by atoms with Gasteiger partial charge in [-0.1, -0.05) is 19.6 Å². The molecule has 0 aliphatic carbocycles. The van der Waals surface area contributed by atoms with E-state index in [-0.39, 0.29) is 18.0 Å². The van der Waals surface area contributed by atoms with Crippen LogP contribution in [0.4, 0.5) is 15.9 Å². The van der Waals surface area contributed by atoms with Crippen molar-refractivity contribution in [3.63, 3.8) is 0 Å². The number of imidazole rings is 1. The maximum Gasteiger partial charge on any atom is 0.188 e. The number of hydrogen-bond acceptors (Lipinski definition) is 9. The number of aryl methyl sites for hydroxylation is 1. The number of methoxy groups -OCH3 is 2. The van der Waals surface area contributed by atoms with E-state index in [0.717, 1.165) is 11.6 Å². The molecule has 0 spiro atoms. The van der Waals surface area contributed by atoms with E-state index in [1.165, 1.54) is 20.3 Å². The highest BCUT2D eigenvalue weighted by molar-refractivity contribution is 9.10. The van der Waals surface area contributed by atoms with E-state index in [2.05, 4.69) is 50.6 Å². The Bertz CT molecular complexity index is 1740. The monoisotopic (exact) mass is 668 g/mol. The van der Waals surface area contributed by atoms with Gasteiger partial charge in [-0.15, -0.1) is 0 Å². The van der Waals surface area contributed by atoms with Gasteiger partial charge in [0.05, 0.1) is 44.5 Å². The van der Waals surface area contributed by atoms with Crippen LogP contribution < -0.4 is 14.4 Å². The van der Waals surface area contributed by atoms with E-state index in [1.54, 1.807) is 34.1 Å². The van der Waals surface area contributed by atoms with Crippen LogP contribution in [0.15, 0.2) is 53.7 Å². The molecule has 0 bridgehead atoms. The van der Waals surface area contributed by atoms with E-state index in [0.29, 0.717) is 52.2 Å². The molecular formula is C29H34BrFN8O3Si. The van der Waals surface area contributed by atoms with Crippen LogP contribution in [0.5, 0.6) is 11.5 Å². The van der Waals surface area contributed by atoms with Gasteiger partial charge >= 0.3 is 0 Å². The Hall–Kier alpha value is -3.88. The lowest BCUT2D eigenvalue weighted by Crippen LogP contribution is -2.24. The standard InChI is InChI=1S/C29H34BrFN8O3Si/c1-37-15-19(13-33-37)22-14-32-21-7-8-26(36-29(21)34-22)39(23-11-20(40-2)12-24(41-3)28(23)31)17-27-35-25(30)16-38(27)18-42-9-10-43(4,5)6/h7-8,11-16H,9-10,17-18H2,1-6H3. The fraction of sp³-hybridized carbons (Fsp3) is 0.345. The molecule has 5 aromatic rings. The third kappa shape index (κ3) is 7.20. The first-order valence-corrected chi connectivity index (χ1v) is 18.2. The molecule has 11 nitrogen and oxygen atoms in total. The maximum absolute atomic E-state index is 16.0. The summed E-state index contributed by atoms with van der Waals surface area (Å²) in [4.78, 5) is 20.5. The average molecular weight is 670 g/mol. The second-order valence-electron chi connectivity index (χ2n) is 11.2. The Labute approximate surface area is 258 Å². The second kappa shape index (κ2) is 12.8. The highest BCUT2D eigenvalue weighted by Crippen LogP contribution is 2.37. The van der Waals surface area contributed by atoms with E-state index in [1.807, 2.05) is 30.1 Å². The number of pyridine rings is 1. The number of rotatable bonds is 12. The molecule has 0 saturated heterocycles. The first kappa shape index (κ1) is 30.6. The van der Waals surface area contributed by atoms with E-state index >= 15 is 4.39 Å². The molecule has 0 amide bonds. The fourth-order valence-electron chi connectivity index (χ4n) is 4.38. The zero-order valence-corrected chi connectivity index (χ0v) is 27.6. The number of ether oxygens (including phenoxy) is 3. The Morgan fingerprint density at radius 3 is 2.53 bits per heavy atom. The Morgan fingerprint density at radius 2 is 1.84 bits per heavy atom. The average Bonchev–Trinajstić information content (AvgIpc) is 3.57. The number of benzene rings is 1. The summed E-state index contributed by atoms with van der Waals surface area (Å²) in [7, 11) is 3.52. The molecule has 0 fully saturated rings. The first-order chi connectivity index (χ1) is 20.5. The quantitative estimate of drug-likeness (QED) is 0.114. The Morgan fingerprint density at radius 1 is 1.02 bits per heavy atom. The number of hydrogen-bond donors (Lipinski definition) is 0. The summed E-state index contributed by atoms with van der Waals surface area (Å²) in [5, 5.41) is 4.23. The lowest BCUT2D eigenvalue weighted by Gasteiger charge is -2.26. The number of aromatic nitrogens is 7. The molecule has 4 aromatic heterocycles. The second-order valence-corrected chi connectivity index (χ2v) is 17.7.